The fraction of sp³-hybridized carbons (Fsp3) is 0.647. The standard InChI is InChI=1S/C10H16O2.C7H12O3/c1-8(10(11)12)7-9-5-3-2-4-6-9;1-5(7(9)10)3-4-6(2)8/h7,9H,2-6H2,1H3,(H,11,12);6,8H,1,3-4H2,2H3,(H,9,10). The molecule has 0 aromatic heterocycles. The topological polar surface area (TPSA) is 94.8 Å². The van der Waals surface area contributed by atoms with Gasteiger partial charge >= 0.3 is 11.9 Å². The Kier molecular flexibility index (Phi) is 10.2. The van der Waals surface area contributed by atoms with E-state index in [1.807, 2.05) is 6.08 Å². The molecule has 0 heterocycles. The normalized spacial score (nSPS) is 17.1. The molecular formula is C17H28O5. The van der Waals surface area contributed by atoms with Crippen LogP contribution in [-0.2, 0) is 9.59 Å². The lowest BCUT2D eigenvalue weighted by molar-refractivity contribution is -0.133. The first-order chi connectivity index (χ1) is 10.2. The summed E-state index contributed by atoms with van der Waals surface area (Å²) in [6.07, 6.45) is 8.46. The summed E-state index contributed by atoms with van der Waals surface area (Å²) < 4.78 is 0. The van der Waals surface area contributed by atoms with Crippen LogP contribution in [0.5, 0.6) is 0 Å². The van der Waals surface area contributed by atoms with E-state index in [0.717, 1.165) is 0 Å². The summed E-state index contributed by atoms with van der Waals surface area (Å²) in [5.74, 6) is -1.24. The number of hydrogen-bond donors (Lipinski definition) is 3. The number of aliphatic hydroxyl groups excluding tert-OH is 1. The minimum Gasteiger partial charge on any atom is -0.478 e. The van der Waals surface area contributed by atoms with Gasteiger partial charge in [0.25, 0.3) is 0 Å². The second-order valence-corrected chi connectivity index (χ2v) is 5.85. The number of rotatable bonds is 6. The zero-order valence-electron chi connectivity index (χ0n) is 13.5. The first-order valence-electron chi connectivity index (χ1n) is 7.74. The maximum atomic E-state index is 10.5. The van der Waals surface area contributed by atoms with E-state index in [-0.39, 0.29) is 5.57 Å². The van der Waals surface area contributed by atoms with Crippen molar-refractivity contribution in [1.29, 1.82) is 0 Å². The number of hydrogen-bond acceptors (Lipinski definition) is 3. The number of carboxylic acid groups (broad SMARTS) is 2. The minimum atomic E-state index is -0.986. The number of allylic oxidation sites excluding steroid dienone is 1. The van der Waals surface area contributed by atoms with Gasteiger partial charge in [-0.1, -0.05) is 31.9 Å². The minimum absolute atomic E-state index is 0.154. The molecule has 1 unspecified atom stereocenters. The lowest BCUT2D eigenvalue weighted by Crippen LogP contribution is -2.06. The highest BCUT2D eigenvalue weighted by atomic mass is 16.4. The van der Waals surface area contributed by atoms with Gasteiger partial charge in [0.1, 0.15) is 0 Å². The SMILES string of the molecule is C=C(CCC(C)O)C(=O)O.CC(=CC1CCCCC1)C(=O)O. The third-order valence-corrected chi connectivity index (χ3v) is 3.64. The quantitative estimate of drug-likeness (QED) is 0.653. The van der Waals surface area contributed by atoms with Crippen molar-refractivity contribution in [3.8, 4) is 0 Å². The lowest BCUT2D eigenvalue weighted by Gasteiger charge is -2.18. The number of carboxylic acids is 2. The summed E-state index contributed by atoms with van der Waals surface area (Å²) in [4.78, 5) is 20.6. The molecule has 0 saturated heterocycles. The number of carbonyl (C=O) groups is 2. The predicted octanol–water partition coefficient (Wildman–Crippen LogP) is 3.39. The predicted molar refractivity (Wildman–Crippen MR) is 85.7 cm³/mol. The molecule has 1 aliphatic carbocycles. The molecule has 0 aromatic rings. The average molecular weight is 312 g/mol. The Hall–Kier alpha value is -1.62. The molecule has 1 saturated carbocycles. The van der Waals surface area contributed by atoms with Crippen LogP contribution in [0, 0.1) is 5.92 Å². The first kappa shape index (κ1) is 20.4. The van der Waals surface area contributed by atoms with Gasteiger partial charge in [-0.25, -0.2) is 9.59 Å². The molecule has 1 atom stereocenters. The van der Waals surface area contributed by atoms with E-state index >= 15 is 0 Å². The van der Waals surface area contributed by atoms with Crippen LogP contribution in [0.2, 0.25) is 0 Å². The molecule has 0 spiro atoms. The maximum absolute atomic E-state index is 10.5. The molecule has 0 bridgehead atoms. The van der Waals surface area contributed by atoms with Gasteiger partial charge in [-0.3, -0.25) is 0 Å². The summed E-state index contributed by atoms with van der Waals surface area (Å²) in [5.41, 5.74) is 0.655. The van der Waals surface area contributed by atoms with Crippen molar-refractivity contribution < 1.29 is 24.9 Å². The van der Waals surface area contributed by atoms with E-state index in [0.29, 0.717) is 24.3 Å². The van der Waals surface area contributed by atoms with Crippen LogP contribution in [0.15, 0.2) is 23.8 Å². The third-order valence-electron chi connectivity index (χ3n) is 3.64. The molecule has 0 aromatic carbocycles. The number of aliphatic hydroxyl groups is 1. The zero-order chi connectivity index (χ0) is 17.1. The fourth-order valence-electron chi connectivity index (χ4n) is 2.22. The van der Waals surface area contributed by atoms with Crippen LogP contribution in [0.1, 0.15) is 58.8 Å². The molecule has 22 heavy (non-hydrogen) atoms. The summed E-state index contributed by atoms with van der Waals surface area (Å²) in [6.45, 7) is 6.61. The van der Waals surface area contributed by atoms with Gasteiger partial charge in [0.2, 0.25) is 0 Å². The molecule has 5 nitrogen and oxygen atoms in total. The van der Waals surface area contributed by atoms with Gasteiger partial charge in [-0.05, 0) is 45.4 Å². The molecule has 3 N–H and O–H groups in total. The Bertz CT molecular complexity index is 403. The highest BCUT2D eigenvalue weighted by molar-refractivity contribution is 5.86. The van der Waals surface area contributed by atoms with Crippen LogP contribution in [0.25, 0.3) is 0 Å². The monoisotopic (exact) mass is 312 g/mol. The van der Waals surface area contributed by atoms with Gasteiger partial charge in [0.05, 0.1) is 6.10 Å². The molecule has 1 aliphatic rings. The van der Waals surface area contributed by atoms with Crippen molar-refractivity contribution in [2.75, 3.05) is 0 Å². The van der Waals surface area contributed by atoms with Gasteiger partial charge in [-0.15, -0.1) is 0 Å². The Balaban J connectivity index is 0.000000409. The largest absolute Gasteiger partial charge is 0.478 e. The molecular weight excluding hydrogens is 284 g/mol. The van der Waals surface area contributed by atoms with Crippen molar-refractivity contribution in [2.45, 2.75) is 64.9 Å². The van der Waals surface area contributed by atoms with Crippen LogP contribution in [0.4, 0.5) is 0 Å². The van der Waals surface area contributed by atoms with Crippen LogP contribution in [0.3, 0.4) is 0 Å². The Morgan fingerprint density at radius 2 is 1.73 bits per heavy atom. The van der Waals surface area contributed by atoms with E-state index in [2.05, 4.69) is 6.58 Å². The maximum Gasteiger partial charge on any atom is 0.330 e. The second kappa shape index (κ2) is 11.0. The molecule has 1 fully saturated rings. The lowest BCUT2D eigenvalue weighted by atomic mass is 9.88. The van der Waals surface area contributed by atoms with Crippen LogP contribution in [-0.4, -0.2) is 33.4 Å². The smallest absolute Gasteiger partial charge is 0.330 e. The summed E-state index contributed by atoms with van der Waals surface area (Å²) in [5, 5.41) is 25.7. The highest BCUT2D eigenvalue weighted by Crippen LogP contribution is 2.25. The molecule has 0 amide bonds. The molecule has 0 radical (unpaired) electrons. The molecule has 126 valence electrons. The van der Waals surface area contributed by atoms with Gasteiger partial charge in [-0.2, -0.15) is 0 Å². The van der Waals surface area contributed by atoms with Gasteiger partial charge in [0, 0.05) is 11.1 Å². The molecule has 0 aliphatic heterocycles. The summed E-state index contributed by atoms with van der Waals surface area (Å²) in [6, 6.07) is 0. The number of aliphatic carboxylic acids is 2. The Morgan fingerprint density at radius 1 is 1.18 bits per heavy atom. The van der Waals surface area contributed by atoms with E-state index in [9.17, 15) is 9.59 Å². The van der Waals surface area contributed by atoms with Crippen molar-refractivity contribution in [2.24, 2.45) is 5.92 Å². The Morgan fingerprint density at radius 3 is 2.14 bits per heavy atom. The summed E-state index contributed by atoms with van der Waals surface area (Å²) in [7, 11) is 0. The second-order valence-electron chi connectivity index (χ2n) is 5.85. The van der Waals surface area contributed by atoms with Crippen LogP contribution >= 0.6 is 0 Å². The van der Waals surface area contributed by atoms with Crippen molar-refractivity contribution >= 4 is 11.9 Å². The zero-order valence-corrected chi connectivity index (χ0v) is 13.5. The summed E-state index contributed by atoms with van der Waals surface area (Å²) >= 11 is 0. The molecule has 1 rings (SSSR count). The van der Waals surface area contributed by atoms with E-state index in [1.54, 1.807) is 13.8 Å². The van der Waals surface area contributed by atoms with Crippen LogP contribution < -0.4 is 0 Å². The fourth-order valence-corrected chi connectivity index (χ4v) is 2.22. The van der Waals surface area contributed by atoms with E-state index < -0.39 is 18.0 Å². The van der Waals surface area contributed by atoms with Crippen molar-refractivity contribution in [3.63, 3.8) is 0 Å². The van der Waals surface area contributed by atoms with Crippen molar-refractivity contribution in [1.82, 2.24) is 0 Å². The van der Waals surface area contributed by atoms with E-state index in [1.165, 1.54) is 32.1 Å². The highest BCUT2D eigenvalue weighted by Gasteiger charge is 2.12. The van der Waals surface area contributed by atoms with Gasteiger partial charge in [0.15, 0.2) is 0 Å². The van der Waals surface area contributed by atoms with Crippen molar-refractivity contribution in [3.05, 3.63) is 23.8 Å². The molecule has 5 heteroatoms. The first-order valence-corrected chi connectivity index (χ1v) is 7.74. The Labute approximate surface area is 132 Å². The van der Waals surface area contributed by atoms with Gasteiger partial charge < -0.3 is 15.3 Å². The third kappa shape index (κ3) is 10.2. The average Bonchev–Trinajstić information content (AvgIpc) is 2.46. The van der Waals surface area contributed by atoms with E-state index in [4.69, 9.17) is 15.3 Å².